The molecule has 0 aliphatic rings. The van der Waals surface area contributed by atoms with E-state index in [4.69, 9.17) is 4.42 Å². The minimum Gasteiger partial charge on any atom is -0.453 e. The SMILES string of the molecule is CC(=O)c1cc2ccc([N+](=O)[O-])cc2o1. The predicted octanol–water partition coefficient (Wildman–Crippen LogP) is 2.54. The lowest BCUT2D eigenvalue weighted by atomic mass is 10.2. The van der Waals surface area contributed by atoms with Crippen molar-refractivity contribution in [1.82, 2.24) is 0 Å². The molecule has 0 radical (unpaired) electrons. The monoisotopic (exact) mass is 205 g/mol. The van der Waals surface area contributed by atoms with Gasteiger partial charge in [0.05, 0.1) is 11.0 Å². The summed E-state index contributed by atoms with van der Waals surface area (Å²) in [5.41, 5.74) is 0.307. The van der Waals surface area contributed by atoms with Gasteiger partial charge < -0.3 is 4.42 Å². The van der Waals surface area contributed by atoms with Gasteiger partial charge in [-0.25, -0.2) is 0 Å². The number of nitro benzene ring substituents is 1. The molecule has 0 saturated heterocycles. The van der Waals surface area contributed by atoms with E-state index in [-0.39, 0.29) is 17.2 Å². The summed E-state index contributed by atoms with van der Waals surface area (Å²) in [5, 5.41) is 11.2. The molecule has 0 unspecified atom stereocenters. The molecule has 2 aromatic rings. The molecule has 1 aromatic carbocycles. The zero-order valence-electron chi connectivity index (χ0n) is 7.89. The molecule has 0 aliphatic carbocycles. The Morgan fingerprint density at radius 3 is 2.73 bits per heavy atom. The Morgan fingerprint density at radius 1 is 1.40 bits per heavy atom. The second-order valence-corrected chi connectivity index (χ2v) is 3.15. The van der Waals surface area contributed by atoms with E-state index in [9.17, 15) is 14.9 Å². The number of fused-ring (bicyclic) bond motifs is 1. The Bertz CT molecular complexity index is 544. The molecule has 0 atom stereocenters. The van der Waals surface area contributed by atoms with E-state index in [0.29, 0.717) is 11.0 Å². The zero-order valence-corrected chi connectivity index (χ0v) is 7.89. The van der Waals surface area contributed by atoms with E-state index in [0.717, 1.165) is 0 Å². The highest BCUT2D eigenvalue weighted by Gasteiger charge is 2.11. The van der Waals surface area contributed by atoms with Crippen molar-refractivity contribution >= 4 is 22.4 Å². The van der Waals surface area contributed by atoms with Gasteiger partial charge in [0, 0.05) is 18.4 Å². The maximum absolute atomic E-state index is 11.0. The third-order valence-corrected chi connectivity index (χ3v) is 2.06. The van der Waals surface area contributed by atoms with E-state index >= 15 is 0 Å². The van der Waals surface area contributed by atoms with Gasteiger partial charge in [0.1, 0.15) is 5.58 Å². The lowest BCUT2D eigenvalue weighted by Gasteiger charge is -1.89. The van der Waals surface area contributed by atoms with Crippen LogP contribution in [0.4, 0.5) is 5.69 Å². The van der Waals surface area contributed by atoms with Crippen LogP contribution in [0.1, 0.15) is 17.5 Å². The van der Waals surface area contributed by atoms with E-state index in [1.165, 1.54) is 19.1 Å². The highest BCUT2D eigenvalue weighted by Crippen LogP contribution is 2.24. The van der Waals surface area contributed by atoms with Crippen molar-refractivity contribution in [2.75, 3.05) is 0 Å². The molecule has 15 heavy (non-hydrogen) atoms. The van der Waals surface area contributed by atoms with Crippen LogP contribution in [-0.2, 0) is 0 Å². The molecular formula is C10H7NO4. The largest absolute Gasteiger partial charge is 0.453 e. The quantitative estimate of drug-likeness (QED) is 0.429. The Kier molecular flexibility index (Phi) is 2.00. The van der Waals surface area contributed by atoms with E-state index in [1.54, 1.807) is 12.1 Å². The van der Waals surface area contributed by atoms with Crippen molar-refractivity contribution in [2.45, 2.75) is 6.92 Å². The fourth-order valence-electron chi connectivity index (χ4n) is 1.31. The summed E-state index contributed by atoms with van der Waals surface area (Å²) in [6.45, 7) is 1.38. The molecule has 5 nitrogen and oxygen atoms in total. The van der Waals surface area contributed by atoms with Gasteiger partial charge in [-0.1, -0.05) is 0 Å². The third-order valence-electron chi connectivity index (χ3n) is 2.06. The molecule has 1 heterocycles. The molecule has 5 heteroatoms. The van der Waals surface area contributed by atoms with E-state index in [2.05, 4.69) is 0 Å². The van der Waals surface area contributed by atoms with Gasteiger partial charge >= 0.3 is 0 Å². The average molecular weight is 205 g/mol. The molecule has 0 bridgehead atoms. The molecule has 0 amide bonds. The summed E-state index contributed by atoms with van der Waals surface area (Å²) in [6, 6.07) is 5.81. The fraction of sp³-hybridized carbons (Fsp3) is 0.100. The topological polar surface area (TPSA) is 73.3 Å². The van der Waals surface area contributed by atoms with Crippen LogP contribution < -0.4 is 0 Å². The van der Waals surface area contributed by atoms with Crippen molar-refractivity contribution in [3.05, 3.63) is 40.1 Å². The summed E-state index contributed by atoms with van der Waals surface area (Å²) in [7, 11) is 0. The maximum Gasteiger partial charge on any atom is 0.273 e. The van der Waals surface area contributed by atoms with E-state index in [1.807, 2.05) is 0 Å². The average Bonchev–Trinajstić information content (AvgIpc) is 2.59. The minimum absolute atomic E-state index is 0.0491. The fourth-order valence-corrected chi connectivity index (χ4v) is 1.31. The Morgan fingerprint density at radius 2 is 2.13 bits per heavy atom. The lowest BCUT2D eigenvalue weighted by molar-refractivity contribution is -0.384. The van der Waals surface area contributed by atoms with Crippen LogP contribution in [0.15, 0.2) is 28.7 Å². The highest BCUT2D eigenvalue weighted by molar-refractivity contribution is 5.96. The third kappa shape index (κ3) is 1.59. The number of furan rings is 1. The van der Waals surface area contributed by atoms with Crippen molar-refractivity contribution < 1.29 is 14.1 Å². The zero-order chi connectivity index (χ0) is 11.0. The summed E-state index contributed by atoms with van der Waals surface area (Å²) in [5.74, 6) is 0.0133. The Hall–Kier alpha value is -2.17. The van der Waals surface area contributed by atoms with Gasteiger partial charge in [0.25, 0.3) is 5.69 Å². The second kappa shape index (κ2) is 3.20. The van der Waals surface area contributed by atoms with Crippen LogP contribution >= 0.6 is 0 Å². The van der Waals surface area contributed by atoms with Crippen LogP contribution in [0, 0.1) is 10.1 Å². The van der Waals surface area contributed by atoms with E-state index < -0.39 is 4.92 Å². The number of nitro groups is 1. The van der Waals surface area contributed by atoms with Gasteiger partial charge in [0.15, 0.2) is 11.5 Å². The molecule has 76 valence electrons. The lowest BCUT2D eigenvalue weighted by Crippen LogP contribution is -1.86. The molecule has 0 N–H and O–H groups in total. The molecular weight excluding hydrogens is 198 g/mol. The summed E-state index contributed by atoms with van der Waals surface area (Å²) in [6.07, 6.45) is 0. The summed E-state index contributed by atoms with van der Waals surface area (Å²) >= 11 is 0. The van der Waals surface area contributed by atoms with Gasteiger partial charge in [0.2, 0.25) is 0 Å². The number of ketones is 1. The van der Waals surface area contributed by atoms with Crippen molar-refractivity contribution in [3.8, 4) is 0 Å². The minimum atomic E-state index is -0.505. The highest BCUT2D eigenvalue weighted by atomic mass is 16.6. The number of benzene rings is 1. The number of non-ortho nitro benzene ring substituents is 1. The van der Waals surface area contributed by atoms with Gasteiger partial charge in [-0.2, -0.15) is 0 Å². The molecule has 0 saturated carbocycles. The van der Waals surface area contributed by atoms with Gasteiger partial charge in [-0.15, -0.1) is 0 Å². The maximum atomic E-state index is 11.0. The van der Waals surface area contributed by atoms with Crippen molar-refractivity contribution in [3.63, 3.8) is 0 Å². The van der Waals surface area contributed by atoms with Crippen LogP contribution in [-0.4, -0.2) is 10.7 Å². The summed E-state index contributed by atoms with van der Waals surface area (Å²) < 4.78 is 5.17. The first kappa shape index (κ1) is 9.39. The number of hydrogen-bond acceptors (Lipinski definition) is 4. The van der Waals surface area contributed by atoms with Crippen LogP contribution in [0.2, 0.25) is 0 Å². The first-order valence-corrected chi connectivity index (χ1v) is 4.27. The molecule has 0 aliphatic heterocycles. The normalized spacial score (nSPS) is 10.5. The van der Waals surface area contributed by atoms with Crippen LogP contribution in [0.5, 0.6) is 0 Å². The molecule has 2 rings (SSSR count). The van der Waals surface area contributed by atoms with Crippen LogP contribution in [0.25, 0.3) is 11.0 Å². The number of hydrogen-bond donors (Lipinski definition) is 0. The van der Waals surface area contributed by atoms with Crippen molar-refractivity contribution in [2.24, 2.45) is 0 Å². The molecule has 0 spiro atoms. The second-order valence-electron chi connectivity index (χ2n) is 3.15. The summed E-state index contributed by atoms with van der Waals surface area (Å²) in [4.78, 5) is 21.0. The Balaban J connectivity index is 2.62. The van der Waals surface area contributed by atoms with Gasteiger partial charge in [-0.05, 0) is 12.1 Å². The smallest absolute Gasteiger partial charge is 0.273 e. The van der Waals surface area contributed by atoms with Crippen LogP contribution in [0.3, 0.4) is 0 Å². The first-order valence-electron chi connectivity index (χ1n) is 4.27. The van der Waals surface area contributed by atoms with Crippen molar-refractivity contribution in [1.29, 1.82) is 0 Å². The Labute approximate surface area is 84.5 Å². The molecule has 0 fully saturated rings. The molecule has 1 aromatic heterocycles. The van der Waals surface area contributed by atoms with Gasteiger partial charge in [-0.3, -0.25) is 14.9 Å². The number of carbonyl (C=O) groups is 1. The number of Topliss-reactive ketones (excluding diaryl/α,β-unsaturated/α-hetero) is 1. The number of nitrogens with zero attached hydrogens (tertiary/aromatic N) is 1. The first-order chi connectivity index (χ1) is 7.08. The number of rotatable bonds is 2. The number of carbonyl (C=O) groups excluding carboxylic acids is 1. The standard InChI is InChI=1S/C10H7NO4/c1-6(12)9-4-7-2-3-8(11(13)14)5-10(7)15-9/h2-5H,1H3. The predicted molar refractivity (Wildman–Crippen MR) is 52.9 cm³/mol.